The lowest BCUT2D eigenvalue weighted by Gasteiger charge is -2.23. The summed E-state index contributed by atoms with van der Waals surface area (Å²) in [6.07, 6.45) is 4.89. The highest BCUT2D eigenvalue weighted by Gasteiger charge is 2.24. The van der Waals surface area contributed by atoms with E-state index in [9.17, 15) is 0 Å². The Morgan fingerprint density at radius 3 is 2.78 bits per heavy atom. The van der Waals surface area contributed by atoms with E-state index in [1.807, 2.05) is 13.8 Å². The zero-order valence-corrected chi connectivity index (χ0v) is 12.0. The number of nitrogens with zero attached hydrogens (tertiary/aromatic N) is 4. The van der Waals surface area contributed by atoms with E-state index < -0.39 is 0 Å². The normalized spacial score (nSPS) is 20.3. The Kier molecular flexibility index (Phi) is 4.17. The smallest absolute Gasteiger partial charge is 0.147 e. The fourth-order valence-electron chi connectivity index (χ4n) is 2.58. The van der Waals surface area contributed by atoms with Gasteiger partial charge in [0.05, 0.1) is 6.54 Å². The molecule has 4 heteroatoms. The molecule has 18 heavy (non-hydrogen) atoms. The Hall–Kier alpha value is -1.16. The molecule has 0 amide bonds. The summed E-state index contributed by atoms with van der Waals surface area (Å²) in [4.78, 5) is 6.93. The summed E-state index contributed by atoms with van der Waals surface area (Å²) < 4.78 is 2.06. The van der Waals surface area contributed by atoms with Crippen LogP contribution < -0.4 is 0 Å². The first kappa shape index (κ1) is 13.3. The maximum Gasteiger partial charge on any atom is 0.147 e. The maximum atomic E-state index is 4.47. The SMILES string of the molecule is CC(C)=CCN1CCC[C@@H]1Cn1nc(C)nc1C. The second-order valence-corrected chi connectivity index (χ2v) is 5.46. The van der Waals surface area contributed by atoms with E-state index in [-0.39, 0.29) is 0 Å². The molecule has 1 fully saturated rings. The predicted molar refractivity (Wildman–Crippen MR) is 73.5 cm³/mol. The van der Waals surface area contributed by atoms with Gasteiger partial charge in [-0.1, -0.05) is 11.6 Å². The largest absolute Gasteiger partial charge is 0.295 e. The lowest BCUT2D eigenvalue weighted by atomic mass is 10.2. The van der Waals surface area contributed by atoms with Crippen LogP contribution in [0.15, 0.2) is 11.6 Å². The zero-order valence-electron chi connectivity index (χ0n) is 12.0. The summed E-state index contributed by atoms with van der Waals surface area (Å²) in [7, 11) is 0. The number of rotatable bonds is 4. The molecule has 0 aliphatic carbocycles. The van der Waals surface area contributed by atoms with Gasteiger partial charge in [0.1, 0.15) is 11.6 Å². The van der Waals surface area contributed by atoms with Crippen molar-refractivity contribution >= 4 is 0 Å². The summed E-state index contributed by atoms with van der Waals surface area (Å²) in [6.45, 7) is 11.6. The molecule has 0 bridgehead atoms. The van der Waals surface area contributed by atoms with Gasteiger partial charge in [-0.25, -0.2) is 9.67 Å². The van der Waals surface area contributed by atoms with E-state index in [0.717, 1.165) is 24.7 Å². The fourth-order valence-corrected chi connectivity index (χ4v) is 2.58. The molecular formula is C14H24N4. The van der Waals surface area contributed by atoms with Crippen molar-refractivity contribution in [3.8, 4) is 0 Å². The highest BCUT2D eigenvalue weighted by atomic mass is 15.4. The standard InChI is InChI=1S/C14H24N4/c1-11(2)7-9-17-8-5-6-14(17)10-18-13(4)15-12(3)16-18/h7,14H,5-6,8-10H2,1-4H3/t14-/m1/s1. The highest BCUT2D eigenvalue weighted by molar-refractivity contribution is 4.97. The number of aromatic nitrogens is 3. The second kappa shape index (κ2) is 5.65. The molecule has 0 aromatic carbocycles. The minimum atomic E-state index is 0.611. The van der Waals surface area contributed by atoms with Crippen molar-refractivity contribution in [2.75, 3.05) is 13.1 Å². The molecular weight excluding hydrogens is 224 g/mol. The number of hydrogen-bond acceptors (Lipinski definition) is 3. The van der Waals surface area contributed by atoms with Crippen molar-refractivity contribution in [1.82, 2.24) is 19.7 Å². The van der Waals surface area contributed by atoms with Gasteiger partial charge in [0.15, 0.2) is 0 Å². The summed E-state index contributed by atoms with van der Waals surface area (Å²) >= 11 is 0. The maximum absolute atomic E-state index is 4.47. The van der Waals surface area contributed by atoms with Crippen molar-refractivity contribution in [2.45, 2.75) is 53.1 Å². The van der Waals surface area contributed by atoms with E-state index in [1.54, 1.807) is 0 Å². The van der Waals surface area contributed by atoms with Gasteiger partial charge in [0.2, 0.25) is 0 Å². The Balaban J connectivity index is 1.99. The molecule has 1 saturated heterocycles. The minimum absolute atomic E-state index is 0.611. The van der Waals surface area contributed by atoms with Gasteiger partial charge in [-0.3, -0.25) is 4.90 Å². The van der Waals surface area contributed by atoms with E-state index in [2.05, 4.69) is 39.6 Å². The lowest BCUT2D eigenvalue weighted by molar-refractivity contribution is 0.247. The quantitative estimate of drug-likeness (QED) is 0.767. The Morgan fingerprint density at radius 1 is 1.39 bits per heavy atom. The first-order valence-electron chi connectivity index (χ1n) is 6.81. The summed E-state index contributed by atoms with van der Waals surface area (Å²) in [5.41, 5.74) is 1.40. The third-order valence-corrected chi connectivity index (χ3v) is 3.58. The van der Waals surface area contributed by atoms with Gasteiger partial charge in [0.25, 0.3) is 0 Å². The van der Waals surface area contributed by atoms with Gasteiger partial charge in [-0.2, -0.15) is 5.10 Å². The molecule has 100 valence electrons. The molecule has 1 atom stereocenters. The Bertz CT molecular complexity index is 429. The molecule has 2 heterocycles. The van der Waals surface area contributed by atoms with Crippen LogP contribution in [0.2, 0.25) is 0 Å². The number of allylic oxidation sites excluding steroid dienone is 1. The summed E-state index contributed by atoms with van der Waals surface area (Å²) in [5, 5.41) is 4.47. The minimum Gasteiger partial charge on any atom is -0.295 e. The van der Waals surface area contributed by atoms with E-state index >= 15 is 0 Å². The Labute approximate surface area is 110 Å². The molecule has 1 aliphatic heterocycles. The zero-order chi connectivity index (χ0) is 13.1. The molecule has 2 rings (SSSR count). The number of likely N-dealkylation sites (tertiary alicyclic amines) is 1. The molecule has 1 aromatic rings. The lowest BCUT2D eigenvalue weighted by Crippen LogP contribution is -2.33. The average Bonchev–Trinajstić information content (AvgIpc) is 2.84. The van der Waals surface area contributed by atoms with Crippen molar-refractivity contribution in [3.05, 3.63) is 23.3 Å². The van der Waals surface area contributed by atoms with Gasteiger partial charge in [-0.15, -0.1) is 0 Å². The van der Waals surface area contributed by atoms with Crippen LogP contribution in [0.25, 0.3) is 0 Å². The van der Waals surface area contributed by atoms with Crippen LogP contribution in [-0.2, 0) is 6.54 Å². The molecule has 0 unspecified atom stereocenters. The molecule has 1 aliphatic rings. The monoisotopic (exact) mass is 248 g/mol. The Morgan fingerprint density at radius 2 is 2.17 bits per heavy atom. The third kappa shape index (κ3) is 3.19. The molecule has 4 nitrogen and oxygen atoms in total. The summed E-state index contributed by atoms with van der Waals surface area (Å²) in [5.74, 6) is 1.91. The fraction of sp³-hybridized carbons (Fsp3) is 0.714. The van der Waals surface area contributed by atoms with Crippen LogP contribution in [0, 0.1) is 13.8 Å². The van der Waals surface area contributed by atoms with E-state index in [4.69, 9.17) is 0 Å². The van der Waals surface area contributed by atoms with Crippen LogP contribution in [-0.4, -0.2) is 38.8 Å². The van der Waals surface area contributed by atoms with Gasteiger partial charge in [-0.05, 0) is 47.1 Å². The van der Waals surface area contributed by atoms with Crippen LogP contribution in [0.3, 0.4) is 0 Å². The van der Waals surface area contributed by atoms with Crippen LogP contribution in [0.5, 0.6) is 0 Å². The van der Waals surface area contributed by atoms with Crippen molar-refractivity contribution in [2.24, 2.45) is 0 Å². The first-order valence-corrected chi connectivity index (χ1v) is 6.81. The molecule has 0 spiro atoms. The second-order valence-electron chi connectivity index (χ2n) is 5.46. The molecule has 1 aromatic heterocycles. The van der Waals surface area contributed by atoms with E-state index in [0.29, 0.717) is 6.04 Å². The first-order chi connectivity index (χ1) is 8.56. The number of aryl methyl sites for hydroxylation is 2. The van der Waals surface area contributed by atoms with Crippen molar-refractivity contribution in [1.29, 1.82) is 0 Å². The van der Waals surface area contributed by atoms with Crippen molar-refractivity contribution in [3.63, 3.8) is 0 Å². The van der Waals surface area contributed by atoms with Gasteiger partial charge in [0, 0.05) is 12.6 Å². The van der Waals surface area contributed by atoms with Crippen LogP contribution >= 0.6 is 0 Å². The molecule has 0 radical (unpaired) electrons. The van der Waals surface area contributed by atoms with Gasteiger partial charge >= 0.3 is 0 Å². The number of hydrogen-bond donors (Lipinski definition) is 0. The third-order valence-electron chi connectivity index (χ3n) is 3.58. The van der Waals surface area contributed by atoms with E-state index in [1.165, 1.54) is 25.0 Å². The van der Waals surface area contributed by atoms with Gasteiger partial charge < -0.3 is 0 Å². The molecule has 0 N–H and O–H groups in total. The highest BCUT2D eigenvalue weighted by Crippen LogP contribution is 2.19. The average molecular weight is 248 g/mol. The summed E-state index contributed by atoms with van der Waals surface area (Å²) in [6, 6.07) is 0.611. The van der Waals surface area contributed by atoms with Crippen LogP contribution in [0.4, 0.5) is 0 Å². The molecule has 0 saturated carbocycles. The van der Waals surface area contributed by atoms with Crippen LogP contribution in [0.1, 0.15) is 38.3 Å². The van der Waals surface area contributed by atoms with Crippen molar-refractivity contribution < 1.29 is 0 Å². The predicted octanol–water partition coefficient (Wildman–Crippen LogP) is 2.33. The topological polar surface area (TPSA) is 34.0 Å².